The molecule has 0 aliphatic rings. The van der Waals surface area contributed by atoms with Gasteiger partial charge < -0.3 is 10.4 Å². The molecule has 2 aromatic carbocycles. The van der Waals surface area contributed by atoms with E-state index >= 15 is 0 Å². The Morgan fingerprint density at radius 2 is 1.66 bits per heavy atom. The van der Waals surface area contributed by atoms with Crippen LogP contribution < -0.4 is 10.9 Å². The van der Waals surface area contributed by atoms with E-state index in [1.165, 1.54) is 4.68 Å². The van der Waals surface area contributed by atoms with Crippen LogP contribution in [0.2, 0.25) is 0 Å². The van der Waals surface area contributed by atoms with Gasteiger partial charge in [-0.15, -0.1) is 0 Å². The molecule has 0 aliphatic carbocycles. The molecule has 0 fully saturated rings. The molecule has 7 nitrogen and oxygen atoms in total. The lowest BCUT2D eigenvalue weighted by Gasteiger charge is -2.13. The minimum absolute atomic E-state index is 0.170. The summed E-state index contributed by atoms with van der Waals surface area (Å²) >= 11 is 0. The lowest BCUT2D eigenvalue weighted by Crippen LogP contribution is -2.29. The monoisotopic (exact) mass is 393 g/mol. The van der Waals surface area contributed by atoms with Crippen molar-refractivity contribution in [1.82, 2.24) is 9.78 Å². The summed E-state index contributed by atoms with van der Waals surface area (Å²) in [5, 5.41) is 17.1. The van der Waals surface area contributed by atoms with E-state index in [1.807, 2.05) is 13.8 Å². The average molecular weight is 393 g/mol. The van der Waals surface area contributed by atoms with Crippen molar-refractivity contribution in [2.24, 2.45) is 5.92 Å². The van der Waals surface area contributed by atoms with Crippen LogP contribution in [0.1, 0.15) is 42.7 Å². The molecule has 3 rings (SSSR count). The van der Waals surface area contributed by atoms with Gasteiger partial charge in [-0.25, -0.2) is 4.68 Å². The third-order valence-corrected chi connectivity index (χ3v) is 4.66. The second kappa shape index (κ2) is 8.26. The van der Waals surface area contributed by atoms with E-state index in [9.17, 15) is 14.4 Å². The average Bonchev–Trinajstić information content (AvgIpc) is 2.69. The fraction of sp³-hybridized carbons (Fsp3) is 0.273. The number of anilines is 1. The van der Waals surface area contributed by atoms with E-state index in [0.717, 1.165) is 0 Å². The van der Waals surface area contributed by atoms with Gasteiger partial charge >= 0.3 is 5.97 Å². The summed E-state index contributed by atoms with van der Waals surface area (Å²) in [6, 6.07) is 13.5. The summed E-state index contributed by atoms with van der Waals surface area (Å²) in [6.07, 6.45) is 0. The van der Waals surface area contributed by atoms with E-state index < -0.39 is 17.8 Å². The number of amides is 1. The summed E-state index contributed by atoms with van der Waals surface area (Å²) < 4.78 is 1.33. The van der Waals surface area contributed by atoms with E-state index in [2.05, 4.69) is 10.4 Å². The number of carboxylic acids is 1. The van der Waals surface area contributed by atoms with Gasteiger partial charge in [-0.1, -0.05) is 44.2 Å². The molecule has 0 saturated carbocycles. The number of carbonyl (C=O) groups is 2. The van der Waals surface area contributed by atoms with Gasteiger partial charge in [0.05, 0.1) is 11.3 Å². The SMILES string of the molecule is CC(C)Cn1nc(C(=O)Nc2ccc(C(C)C(=O)O)cc2)c2ccccc2c1=O. The molecular formula is C22H23N3O4. The number of carbonyl (C=O) groups excluding carboxylic acids is 1. The largest absolute Gasteiger partial charge is 0.481 e. The summed E-state index contributed by atoms with van der Waals surface area (Å²) in [7, 11) is 0. The van der Waals surface area contributed by atoms with E-state index in [1.54, 1.807) is 55.5 Å². The van der Waals surface area contributed by atoms with Crippen molar-refractivity contribution in [1.29, 1.82) is 0 Å². The molecule has 29 heavy (non-hydrogen) atoms. The highest BCUT2D eigenvalue weighted by Crippen LogP contribution is 2.20. The molecule has 0 bridgehead atoms. The smallest absolute Gasteiger partial charge is 0.310 e. The topological polar surface area (TPSA) is 101 Å². The Bertz CT molecular complexity index is 1120. The number of rotatable bonds is 6. The number of benzene rings is 2. The molecule has 1 aromatic heterocycles. The van der Waals surface area contributed by atoms with Crippen molar-refractivity contribution in [3.05, 3.63) is 70.1 Å². The molecule has 0 spiro atoms. The third kappa shape index (κ3) is 4.34. The van der Waals surface area contributed by atoms with E-state index in [0.29, 0.717) is 28.6 Å². The standard InChI is InChI=1S/C22H23N3O4/c1-13(2)12-25-21(27)18-7-5-4-6-17(18)19(24-25)20(26)23-16-10-8-15(9-11-16)14(3)22(28)29/h4-11,13-14H,12H2,1-3H3,(H,23,26)(H,28,29). The molecular weight excluding hydrogens is 370 g/mol. The van der Waals surface area contributed by atoms with Gasteiger partial charge in [0, 0.05) is 17.6 Å². The first kappa shape index (κ1) is 20.3. The van der Waals surface area contributed by atoms with Gasteiger partial charge in [-0.2, -0.15) is 5.10 Å². The first-order valence-corrected chi connectivity index (χ1v) is 9.42. The van der Waals surface area contributed by atoms with Gasteiger partial charge in [0.25, 0.3) is 11.5 Å². The Kier molecular flexibility index (Phi) is 5.77. The van der Waals surface area contributed by atoms with Crippen molar-refractivity contribution in [2.45, 2.75) is 33.2 Å². The number of carboxylic acid groups (broad SMARTS) is 1. The summed E-state index contributed by atoms with van der Waals surface area (Å²) in [5.74, 6) is -1.78. The van der Waals surface area contributed by atoms with Crippen LogP contribution in [0.4, 0.5) is 5.69 Å². The molecule has 1 unspecified atom stereocenters. The van der Waals surface area contributed by atoms with Gasteiger partial charge in [0.1, 0.15) is 0 Å². The van der Waals surface area contributed by atoms with Crippen LogP contribution in [0.5, 0.6) is 0 Å². The Morgan fingerprint density at radius 3 is 2.24 bits per heavy atom. The lowest BCUT2D eigenvalue weighted by atomic mass is 10.0. The number of hydrogen-bond donors (Lipinski definition) is 2. The van der Waals surface area contributed by atoms with Crippen molar-refractivity contribution in [3.63, 3.8) is 0 Å². The quantitative estimate of drug-likeness (QED) is 0.667. The zero-order valence-electron chi connectivity index (χ0n) is 16.5. The van der Waals surface area contributed by atoms with Crippen molar-refractivity contribution in [3.8, 4) is 0 Å². The normalized spacial score (nSPS) is 12.1. The number of aromatic nitrogens is 2. The zero-order valence-corrected chi connectivity index (χ0v) is 16.5. The zero-order chi connectivity index (χ0) is 21.1. The first-order chi connectivity index (χ1) is 13.8. The van der Waals surface area contributed by atoms with Gasteiger partial charge in [0.2, 0.25) is 0 Å². The number of fused-ring (bicyclic) bond motifs is 1. The van der Waals surface area contributed by atoms with Gasteiger partial charge in [0.15, 0.2) is 5.69 Å². The van der Waals surface area contributed by atoms with E-state index in [-0.39, 0.29) is 17.2 Å². The molecule has 1 amide bonds. The number of aliphatic carboxylic acids is 1. The molecule has 150 valence electrons. The van der Waals surface area contributed by atoms with Gasteiger partial charge in [-0.3, -0.25) is 14.4 Å². The highest BCUT2D eigenvalue weighted by atomic mass is 16.4. The fourth-order valence-electron chi connectivity index (χ4n) is 3.06. The van der Waals surface area contributed by atoms with Crippen LogP contribution in [-0.2, 0) is 11.3 Å². The Labute approximate surface area is 168 Å². The molecule has 0 radical (unpaired) electrons. The molecule has 1 atom stereocenters. The second-order valence-electron chi connectivity index (χ2n) is 7.41. The lowest BCUT2D eigenvalue weighted by molar-refractivity contribution is -0.138. The minimum atomic E-state index is -0.912. The highest BCUT2D eigenvalue weighted by Gasteiger charge is 2.18. The van der Waals surface area contributed by atoms with Crippen molar-refractivity contribution < 1.29 is 14.7 Å². The summed E-state index contributed by atoms with van der Waals surface area (Å²) in [4.78, 5) is 36.7. The maximum atomic E-state index is 12.9. The Balaban J connectivity index is 1.95. The fourth-order valence-corrected chi connectivity index (χ4v) is 3.06. The molecule has 0 aliphatic heterocycles. The summed E-state index contributed by atoms with van der Waals surface area (Å²) in [6.45, 7) is 5.96. The number of hydrogen-bond acceptors (Lipinski definition) is 4. The third-order valence-electron chi connectivity index (χ3n) is 4.66. The first-order valence-electron chi connectivity index (χ1n) is 9.42. The number of nitrogens with one attached hydrogen (secondary N) is 1. The van der Waals surface area contributed by atoms with Crippen LogP contribution in [0.15, 0.2) is 53.3 Å². The predicted octanol–water partition coefficient (Wildman–Crippen LogP) is 3.49. The molecule has 3 aromatic rings. The molecule has 0 saturated heterocycles. The maximum Gasteiger partial charge on any atom is 0.310 e. The van der Waals surface area contributed by atoms with Crippen LogP contribution in [0.3, 0.4) is 0 Å². The molecule has 1 heterocycles. The van der Waals surface area contributed by atoms with E-state index in [4.69, 9.17) is 5.11 Å². The second-order valence-corrected chi connectivity index (χ2v) is 7.41. The molecule has 2 N–H and O–H groups in total. The van der Waals surface area contributed by atoms with Crippen LogP contribution in [0.25, 0.3) is 10.8 Å². The van der Waals surface area contributed by atoms with Gasteiger partial charge in [-0.05, 0) is 36.6 Å². The highest BCUT2D eigenvalue weighted by molar-refractivity contribution is 6.11. The van der Waals surface area contributed by atoms with Crippen LogP contribution in [-0.4, -0.2) is 26.8 Å². The Hall–Kier alpha value is -3.48. The Morgan fingerprint density at radius 1 is 1.03 bits per heavy atom. The van der Waals surface area contributed by atoms with Crippen LogP contribution >= 0.6 is 0 Å². The van der Waals surface area contributed by atoms with Crippen LogP contribution in [0, 0.1) is 5.92 Å². The van der Waals surface area contributed by atoms with Crippen molar-refractivity contribution in [2.75, 3.05) is 5.32 Å². The summed E-state index contributed by atoms with van der Waals surface area (Å²) in [5.41, 5.74) is 1.11. The minimum Gasteiger partial charge on any atom is -0.481 e. The van der Waals surface area contributed by atoms with Crippen molar-refractivity contribution >= 4 is 28.3 Å². The number of nitrogens with zero attached hydrogens (tertiary/aromatic N) is 2. The molecule has 7 heteroatoms. The maximum absolute atomic E-state index is 12.9. The predicted molar refractivity (Wildman–Crippen MR) is 111 cm³/mol.